The van der Waals surface area contributed by atoms with Crippen LogP contribution in [-0.4, -0.2) is 35.9 Å². The molecule has 35 heavy (non-hydrogen) atoms. The summed E-state index contributed by atoms with van der Waals surface area (Å²) in [5.74, 6) is 1.07. The first-order chi connectivity index (χ1) is 17.0. The number of nitrogens with zero attached hydrogens (tertiary/aromatic N) is 4. The highest BCUT2D eigenvalue weighted by Crippen LogP contribution is 2.42. The molecule has 1 amide bonds. The van der Waals surface area contributed by atoms with Crippen molar-refractivity contribution in [3.05, 3.63) is 93.7 Å². The molecule has 10 heteroatoms. The molecule has 1 aromatic heterocycles. The third-order valence-electron chi connectivity index (χ3n) is 5.41. The molecule has 9 nitrogen and oxygen atoms in total. The van der Waals surface area contributed by atoms with E-state index in [1.54, 1.807) is 44.6 Å². The number of aromatic nitrogens is 1. The number of carbonyl (C=O) groups excluding carboxylic acids is 1. The fourth-order valence-electron chi connectivity index (χ4n) is 3.77. The lowest BCUT2D eigenvalue weighted by atomic mass is 10.1. The largest absolute Gasteiger partial charge is 0.495 e. The molecule has 0 saturated carbocycles. The van der Waals surface area contributed by atoms with Crippen molar-refractivity contribution in [2.24, 2.45) is 4.99 Å². The Morgan fingerprint density at radius 3 is 2.37 bits per heavy atom. The Balaban J connectivity index is 1.69. The molecule has 0 saturated heterocycles. The van der Waals surface area contributed by atoms with Gasteiger partial charge in [-0.2, -0.15) is 0 Å². The average Bonchev–Trinajstić information content (AvgIpc) is 3.45. The van der Waals surface area contributed by atoms with E-state index in [0.29, 0.717) is 33.5 Å². The van der Waals surface area contributed by atoms with Crippen LogP contribution in [0.15, 0.2) is 77.4 Å². The Hall–Kier alpha value is -4.57. The van der Waals surface area contributed by atoms with Crippen molar-refractivity contribution in [3.8, 4) is 11.5 Å². The van der Waals surface area contributed by atoms with E-state index in [2.05, 4.69) is 9.98 Å². The zero-order valence-electron chi connectivity index (χ0n) is 18.7. The van der Waals surface area contributed by atoms with Gasteiger partial charge in [0.05, 0.1) is 24.7 Å². The molecule has 1 aliphatic heterocycles. The third-order valence-corrected chi connectivity index (χ3v) is 6.46. The number of nitro benzene ring substituents is 1. The highest BCUT2D eigenvalue weighted by atomic mass is 32.1. The lowest BCUT2D eigenvalue weighted by Crippen LogP contribution is -2.32. The van der Waals surface area contributed by atoms with Crippen LogP contribution in [0.4, 0.5) is 10.8 Å². The minimum atomic E-state index is -0.489. The van der Waals surface area contributed by atoms with Gasteiger partial charge in [-0.25, -0.2) is 14.9 Å². The maximum absolute atomic E-state index is 13.6. The Labute approximate surface area is 203 Å². The lowest BCUT2D eigenvalue weighted by Gasteiger charge is -2.14. The number of anilines is 1. The van der Waals surface area contributed by atoms with Gasteiger partial charge in [-0.15, -0.1) is 0 Å². The molecule has 2 heterocycles. The summed E-state index contributed by atoms with van der Waals surface area (Å²) in [5.41, 5.74) is 1.49. The monoisotopic (exact) mass is 486 g/mol. The summed E-state index contributed by atoms with van der Waals surface area (Å²) < 4.78 is 11.7. The number of benzene rings is 3. The van der Waals surface area contributed by atoms with E-state index in [-0.39, 0.29) is 16.9 Å². The maximum Gasteiger partial charge on any atom is 0.284 e. The van der Waals surface area contributed by atoms with Gasteiger partial charge in [0.1, 0.15) is 33.2 Å². The zero-order valence-corrected chi connectivity index (χ0v) is 19.5. The van der Waals surface area contributed by atoms with Crippen molar-refractivity contribution in [2.75, 3.05) is 19.1 Å². The standard InChI is InChI=1S/C25H18N4O5S/c1-33-19-12-13-20(34-2)22-21(19)27-25(35-22)28-23(15-8-4-3-5-9-15)26-17(24(28)30)14-16-10-6-7-11-18(16)29(31)32/h3-14H,1-2H3. The van der Waals surface area contributed by atoms with Crippen molar-refractivity contribution in [3.63, 3.8) is 0 Å². The van der Waals surface area contributed by atoms with Gasteiger partial charge >= 0.3 is 0 Å². The van der Waals surface area contributed by atoms with Crippen LogP contribution < -0.4 is 14.4 Å². The fourth-order valence-corrected chi connectivity index (χ4v) is 4.84. The van der Waals surface area contributed by atoms with E-state index in [1.807, 2.05) is 30.3 Å². The van der Waals surface area contributed by atoms with E-state index in [0.717, 1.165) is 4.70 Å². The number of hydrogen-bond acceptors (Lipinski definition) is 8. The molecule has 0 spiro atoms. The average molecular weight is 487 g/mol. The number of aliphatic imine (C=N–C) groups is 1. The van der Waals surface area contributed by atoms with E-state index < -0.39 is 10.8 Å². The summed E-state index contributed by atoms with van der Waals surface area (Å²) in [4.78, 5) is 35.3. The molecule has 0 bridgehead atoms. The number of amidine groups is 1. The molecular formula is C25H18N4O5S. The van der Waals surface area contributed by atoms with Crippen molar-refractivity contribution < 1.29 is 19.2 Å². The van der Waals surface area contributed by atoms with Crippen LogP contribution in [0, 0.1) is 10.1 Å². The number of thiazole rings is 1. The van der Waals surface area contributed by atoms with E-state index in [9.17, 15) is 14.9 Å². The molecular weight excluding hydrogens is 468 g/mol. The number of hydrogen-bond donors (Lipinski definition) is 0. The van der Waals surface area contributed by atoms with Gasteiger partial charge in [-0.05, 0) is 24.3 Å². The van der Waals surface area contributed by atoms with Crippen molar-refractivity contribution in [1.29, 1.82) is 0 Å². The number of nitro groups is 1. The van der Waals surface area contributed by atoms with Gasteiger partial charge in [0, 0.05) is 11.6 Å². The SMILES string of the molecule is COc1ccc(OC)c2sc(N3C(=O)C(=Cc4ccccc4[N+](=O)[O-])N=C3c3ccccc3)nc12. The van der Waals surface area contributed by atoms with Crippen LogP contribution in [0.25, 0.3) is 16.3 Å². The summed E-state index contributed by atoms with van der Waals surface area (Å²) in [6.07, 6.45) is 1.43. The van der Waals surface area contributed by atoms with Gasteiger partial charge in [-0.3, -0.25) is 14.9 Å². The van der Waals surface area contributed by atoms with E-state index >= 15 is 0 Å². The molecule has 0 atom stereocenters. The van der Waals surface area contributed by atoms with Gasteiger partial charge in [-0.1, -0.05) is 53.8 Å². The number of methoxy groups -OCH3 is 2. The molecule has 5 rings (SSSR count). The number of amides is 1. The Bertz CT molecular complexity index is 1490. The molecule has 0 fully saturated rings. The molecule has 1 aliphatic rings. The van der Waals surface area contributed by atoms with Crippen LogP contribution in [-0.2, 0) is 4.79 Å². The minimum Gasteiger partial charge on any atom is -0.495 e. The predicted molar refractivity (Wildman–Crippen MR) is 134 cm³/mol. The smallest absolute Gasteiger partial charge is 0.284 e. The summed E-state index contributed by atoms with van der Waals surface area (Å²) in [7, 11) is 3.11. The topological polar surface area (TPSA) is 107 Å². The van der Waals surface area contributed by atoms with Gasteiger partial charge in [0.25, 0.3) is 11.6 Å². The molecule has 0 unspecified atom stereocenters. The summed E-state index contributed by atoms with van der Waals surface area (Å²) in [6.45, 7) is 0. The highest BCUT2D eigenvalue weighted by Gasteiger charge is 2.35. The van der Waals surface area contributed by atoms with Gasteiger partial charge < -0.3 is 9.47 Å². The van der Waals surface area contributed by atoms with Crippen LogP contribution in [0.1, 0.15) is 11.1 Å². The first-order valence-electron chi connectivity index (χ1n) is 10.5. The summed E-state index contributed by atoms with van der Waals surface area (Å²) in [6, 6.07) is 19.0. The second-order valence-electron chi connectivity index (χ2n) is 7.43. The number of rotatable bonds is 6. The van der Waals surface area contributed by atoms with Crippen molar-refractivity contribution in [2.45, 2.75) is 0 Å². The first kappa shape index (κ1) is 22.2. The Kier molecular flexibility index (Phi) is 5.71. The Morgan fingerprint density at radius 1 is 0.971 bits per heavy atom. The minimum absolute atomic E-state index is 0.0661. The summed E-state index contributed by atoms with van der Waals surface area (Å²) >= 11 is 1.27. The second-order valence-corrected chi connectivity index (χ2v) is 8.41. The van der Waals surface area contributed by atoms with E-state index in [1.165, 1.54) is 28.4 Å². The molecule has 0 radical (unpaired) electrons. The number of carbonyl (C=O) groups is 1. The highest BCUT2D eigenvalue weighted by molar-refractivity contribution is 7.23. The molecule has 0 aliphatic carbocycles. The molecule has 174 valence electrons. The fraction of sp³-hybridized carbons (Fsp3) is 0.0800. The van der Waals surface area contributed by atoms with Crippen LogP contribution in [0.5, 0.6) is 11.5 Å². The Morgan fingerprint density at radius 2 is 1.66 bits per heavy atom. The van der Waals surface area contributed by atoms with Crippen LogP contribution in [0.3, 0.4) is 0 Å². The third kappa shape index (κ3) is 3.89. The number of fused-ring (bicyclic) bond motifs is 1. The van der Waals surface area contributed by atoms with E-state index in [4.69, 9.17) is 9.47 Å². The molecule has 4 aromatic rings. The zero-order chi connectivity index (χ0) is 24.5. The number of para-hydroxylation sites is 1. The van der Waals surface area contributed by atoms with Crippen molar-refractivity contribution >= 4 is 50.2 Å². The van der Waals surface area contributed by atoms with Crippen LogP contribution >= 0.6 is 11.3 Å². The quantitative estimate of drug-likeness (QED) is 0.214. The molecule has 3 aromatic carbocycles. The van der Waals surface area contributed by atoms with Gasteiger partial charge in [0.15, 0.2) is 5.13 Å². The van der Waals surface area contributed by atoms with Crippen LogP contribution in [0.2, 0.25) is 0 Å². The van der Waals surface area contributed by atoms with Gasteiger partial charge in [0.2, 0.25) is 0 Å². The maximum atomic E-state index is 13.6. The summed E-state index contributed by atoms with van der Waals surface area (Å²) in [5, 5.41) is 11.9. The predicted octanol–water partition coefficient (Wildman–Crippen LogP) is 5.06. The van der Waals surface area contributed by atoms with Crippen molar-refractivity contribution in [1.82, 2.24) is 4.98 Å². The normalized spacial score (nSPS) is 14.5. The number of ether oxygens (including phenoxy) is 2. The lowest BCUT2D eigenvalue weighted by molar-refractivity contribution is -0.385. The molecule has 0 N–H and O–H groups in total. The second kappa shape index (κ2) is 8.99. The first-order valence-corrected chi connectivity index (χ1v) is 11.3.